The first-order chi connectivity index (χ1) is 9.13. The van der Waals surface area contributed by atoms with Crippen molar-refractivity contribution in [3.63, 3.8) is 0 Å². The molecule has 2 N–H and O–H groups in total. The molecule has 0 fully saturated rings. The Kier molecular flexibility index (Phi) is 3.85. The van der Waals surface area contributed by atoms with Gasteiger partial charge in [-0.3, -0.25) is 9.59 Å². The fourth-order valence-electron chi connectivity index (χ4n) is 1.80. The number of carbonyl (C=O) groups excluding carboxylic acids is 1. The number of hydrogen-bond donors (Lipinski definition) is 2. The van der Waals surface area contributed by atoms with Crippen LogP contribution in [0, 0.1) is 0 Å². The molecule has 2 aromatic rings. The zero-order valence-corrected chi connectivity index (χ0v) is 10.9. The predicted molar refractivity (Wildman–Crippen MR) is 73.3 cm³/mol. The van der Waals surface area contributed by atoms with E-state index in [-0.39, 0.29) is 18.0 Å². The predicted octanol–water partition coefficient (Wildman–Crippen LogP) is 1.56. The molecule has 0 unspecified atom stereocenters. The van der Waals surface area contributed by atoms with Crippen LogP contribution in [0.5, 0.6) is 5.75 Å². The molecule has 0 spiro atoms. The van der Waals surface area contributed by atoms with Gasteiger partial charge in [0.2, 0.25) is 5.91 Å². The number of carbonyl (C=O) groups is 1. The molecule has 0 aliphatic rings. The summed E-state index contributed by atoms with van der Waals surface area (Å²) < 4.78 is 5.11. The largest absolute Gasteiger partial charge is 0.497 e. The van der Waals surface area contributed by atoms with Crippen molar-refractivity contribution < 1.29 is 9.53 Å². The molecule has 1 aromatic carbocycles. The van der Waals surface area contributed by atoms with Gasteiger partial charge < -0.3 is 15.0 Å². The van der Waals surface area contributed by atoms with E-state index in [1.807, 2.05) is 12.1 Å². The monoisotopic (exact) mass is 260 g/mol. The second-order valence-corrected chi connectivity index (χ2v) is 4.21. The van der Waals surface area contributed by atoms with E-state index in [0.29, 0.717) is 17.7 Å². The van der Waals surface area contributed by atoms with Crippen LogP contribution in [0.15, 0.2) is 29.1 Å². The van der Waals surface area contributed by atoms with Gasteiger partial charge in [-0.1, -0.05) is 6.92 Å². The van der Waals surface area contributed by atoms with E-state index in [2.05, 4.69) is 10.3 Å². The van der Waals surface area contributed by atoms with Gasteiger partial charge in [-0.05, 0) is 23.6 Å². The van der Waals surface area contributed by atoms with Gasteiger partial charge in [-0.25, -0.2) is 0 Å². The third-order valence-corrected chi connectivity index (χ3v) is 2.93. The highest BCUT2D eigenvalue weighted by Gasteiger charge is 2.05. The van der Waals surface area contributed by atoms with Crippen molar-refractivity contribution in [2.75, 3.05) is 7.11 Å². The highest BCUT2D eigenvalue weighted by molar-refractivity contribution is 5.80. The average Bonchev–Trinajstić information content (AvgIpc) is 2.44. The summed E-state index contributed by atoms with van der Waals surface area (Å²) in [5, 5.41) is 3.60. The number of hydrogen-bond acceptors (Lipinski definition) is 3. The maximum Gasteiger partial charge on any atom is 0.253 e. The fourth-order valence-corrected chi connectivity index (χ4v) is 1.80. The Morgan fingerprint density at radius 3 is 2.84 bits per heavy atom. The van der Waals surface area contributed by atoms with Crippen LogP contribution in [0.25, 0.3) is 10.9 Å². The molecule has 0 atom stereocenters. The lowest BCUT2D eigenvalue weighted by Crippen LogP contribution is -2.25. The highest BCUT2D eigenvalue weighted by atomic mass is 16.5. The quantitative estimate of drug-likeness (QED) is 0.876. The standard InChI is InChI=1S/C14H16N2O3/c1-3-13(17)15-8-10-6-9-4-5-11(19-2)7-12(9)16-14(10)18/h4-7H,3,8H2,1-2H3,(H,15,17)(H,16,18). The van der Waals surface area contributed by atoms with E-state index in [1.54, 1.807) is 26.2 Å². The number of ether oxygens (including phenoxy) is 1. The zero-order chi connectivity index (χ0) is 13.8. The molecule has 0 aliphatic carbocycles. The van der Waals surface area contributed by atoms with Crippen molar-refractivity contribution in [1.82, 2.24) is 10.3 Å². The lowest BCUT2D eigenvalue weighted by molar-refractivity contribution is -0.120. The molecule has 1 amide bonds. The first-order valence-electron chi connectivity index (χ1n) is 6.10. The fraction of sp³-hybridized carbons (Fsp3) is 0.286. The normalized spacial score (nSPS) is 10.4. The molecule has 0 radical (unpaired) electrons. The van der Waals surface area contributed by atoms with Gasteiger partial charge in [-0.2, -0.15) is 0 Å². The maximum atomic E-state index is 11.9. The summed E-state index contributed by atoms with van der Waals surface area (Å²) in [7, 11) is 1.58. The number of fused-ring (bicyclic) bond motifs is 1. The molecule has 100 valence electrons. The number of methoxy groups -OCH3 is 1. The number of H-pyrrole nitrogens is 1. The minimum atomic E-state index is -0.197. The van der Waals surface area contributed by atoms with Crippen molar-refractivity contribution in [2.45, 2.75) is 19.9 Å². The number of benzene rings is 1. The van der Waals surface area contributed by atoms with E-state index in [0.717, 1.165) is 10.9 Å². The Bertz CT molecular complexity index is 661. The second kappa shape index (κ2) is 5.56. The third-order valence-electron chi connectivity index (χ3n) is 2.93. The third kappa shape index (κ3) is 2.93. The van der Waals surface area contributed by atoms with E-state index in [1.165, 1.54) is 0 Å². The second-order valence-electron chi connectivity index (χ2n) is 4.21. The Hall–Kier alpha value is -2.30. The molecule has 0 bridgehead atoms. The first-order valence-corrected chi connectivity index (χ1v) is 6.10. The Morgan fingerprint density at radius 1 is 1.37 bits per heavy atom. The van der Waals surface area contributed by atoms with Crippen LogP contribution in [-0.4, -0.2) is 18.0 Å². The minimum Gasteiger partial charge on any atom is -0.497 e. The number of rotatable bonds is 4. The van der Waals surface area contributed by atoms with Crippen LogP contribution in [0.2, 0.25) is 0 Å². The highest BCUT2D eigenvalue weighted by Crippen LogP contribution is 2.18. The van der Waals surface area contributed by atoms with Crippen molar-refractivity contribution in [3.05, 3.63) is 40.2 Å². The van der Waals surface area contributed by atoms with Crippen LogP contribution in [-0.2, 0) is 11.3 Å². The molecule has 0 saturated heterocycles. The van der Waals surface area contributed by atoms with E-state index in [4.69, 9.17) is 4.74 Å². The van der Waals surface area contributed by atoms with Gasteiger partial charge >= 0.3 is 0 Å². The number of aromatic nitrogens is 1. The summed E-state index contributed by atoms with van der Waals surface area (Å²) in [6.07, 6.45) is 0.405. The first kappa shape index (κ1) is 13.1. The summed E-state index contributed by atoms with van der Waals surface area (Å²) in [5.74, 6) is 0.615. The lowest BCUT2D eigenvalue weighted by atomic mass is 10.1. The van der Waals surface area contributed by atoms with Gasteiger partial charge in [0, 0.05) is 24.6 Å². The summed E-state index contributed by atoms with van der Waals surface area (Å²) >= 11 is 0. The average molecular weight is 260 g/mol. The van der Waals surface area contributed by atoms with Crippen molar-refractivity contribution in [1.29, 1.82) is 0 Å². The molecule has 2 rings (SSSR count). The molecule has 1 heterocycles. The Balaban J connectivity index is 2.34. The zero-order valence-electron chi connectivity index (χ0n) is 10.9. The van der Waals surface area contributed by atoms with Gasteiger partial charge in [-0.15, -0.1) is 0 Å². The van der Waals surface area contributed by atoms with Gasteiger partial charge in [0.05, 0.1) is 12.6 Å². The molecule has 0 saturated carbocycles. The Labute approximate surface area is 110 Å². The van der Waals surface area contributed by atoms with E-state index < -0.39 is 0 Å². The maximum absolute atomic E-state index is 11.9. The van der Waals surface area contributed by atoms with Gasteiger partial charge in [0.1, 0.15) is 5.75 Å². The number of nitrogens with one attached hydrogen (secondary N) is 2. The van der Waals surface area contributed by atoms with Gasteiger partial charge in [0.15, 0.2) is 0 Å². The SMILES string of the molecule is CCC(=O)NCc1cc2ccc(OC)cc2[nH]c1=O. The lowest BCUT2D eigenvalue weighted by Gasteiger charge is -2.06. The molecule has 1 aromatic heterocycles. The smallest absolute Gasteiger partial charge is 0.253 e. The molecule has 5 nitrogen and oxygen atoms in total. The molecule has 5 heteroatoms. The minimum absolute atomic E-state index is 0.0748. The van der Waals surface area contributed by atoms with Crippen molar-refractivity contribution in [2.24, 2.45) is 0 Å². The molecular formula is C14H16N2O3. The number of pyridine rings is 1. The van der Waals surface area contributed by atoms with Crippen LogP contribution in [0.4, 0.5) is 0 Å². The topological polar surface area (TPSA) is 71.2 Å². The van der Waals surface area contributed by atoms with E-state index >= 15 is 0 Å². The van der Waals surface area contributed by atoms with E-state index in [9.17, 15) is 9.59 Å². The molecule has 0 aliphatic heterocycles. The summed E-state index contributed by atoms with van der Waals surface area (Å²) in [6.45, 7) is 2.01. The molecular weight excluding hydrogens is 244 g/mol. The molecule has 19 heavy (non-hydrogen) atoms. The Morgan fingerprint density at radius 2 is 2.16 bits per heavy atom. The van der Waals surface area contributed by atoms with Gasteiger partial charge in [0.25, 0.3) is 5.56 Å². The van der Waals surface area contributed by atoms with Crippen LogP contribution >= 0.6 is 0 Å². The van der Waals surface area contributed by atoms with Crippen molar-refractivity contribution in [3.8, 4) is 5.75 Å². The van der Waals surface area contributed by atoms with Crippen LogP contribution in [0.1, 0.15) is 18.9 Å². The van der Waals surface area contributed by atoms with Crippen LogP contribution < -0.4 is 15.6 Å². The number of amides is 1. The van der Waals surface area contributed by atoms with Crippen molar-refractivity contribution >= 4 is 16.8 Å². The summed E-state index contributed by atoms with van der Waals surface area (Å²) in [6, 6.07) is 7.25. The number of aromatic amines is 1. The van der Waals surface area contributed by atoms with Crippen LogP contribution in [0.3, 0.4) is 0 Å². The summed E-state index contributed by atoms with van der Waals surface area (Å²) in [5.41, 5.74) is 1.06. The summed E-state index contributed by atoms with van der Waals surface area (Å²) in [4.78, 5) is 25.9.